The first-order chi connectivity index (χ1) is 34.0. The lowest BCUT2D eigenvalue weighted by atomic mass is 10.0. The number of hydrogen-bond donors (Lipinski definition) is 0. The number of para-hydroxylation sites is 2. The Morgan fingerprint density at radius 3 is 0.786 bits per heavy atom. The molecule has 0 atom stereocenters. The molecular formula is C66H58N4. The first-order valence-corrected chi connectivity index (χ1v) is 25.4. The van der Waals surface area contributed by atoms with E-state index in [1.54, 1.807) is 0 Å². The van der Waals surface area contributed by atoms with E-state index in [1.807, 2.05) is 0 Å². The fourth-order valence-electron chi connectivity index (χ4n) is 11.6. The van der Waals surface area contributed by atoms with Crippen molar-refractivity contribution in [3.63, 3.8) is 0 Å². The third kappa shape index (κ3) is 6.35. The third-order valence-electron chi connectivity index (χ3n) is 15.5. The van der Waals surface area contributed by atoms with Gasteiger partial charge in [0, 0.05) is 77.2 Å². The Morgan fingerprint density at radius 1 is 0.257 bits per heavy atom. The lowest BCUT2D eigenvalue weighted by Crippen LogP contribution is -2.10. The van der Waals surface area contributed by atoms with Crippen molar-refractivity contribution < 1.29 is 0 Å². The Bertz CT molecular complexity index is 3720. The molecule has 4 aromatic heterocycles. The van der Waals surface area contributed by atoms with Crippen LogP contribution >= 0.6 is 0 Å². The van der Waals surface area contributed by atoms with E-state index in [9.17, 15) is 0 Å². The monoisotopic (exact) mass is 906 g/mol. The molecule has 4 nitrogen and oxygen atoms in total. The van der Waals surface area contributed by atoms with Crippen LogP contribution in [0.3, 0.4) is 0 Å². The molecule has 13 aromatic rings. The van der Waals surface area contributed by atoms with Crippen molar-refractivity contribution >= 4 is 110 Å². The van der Waals surface area contributed by atoms with Gasteiger partial charge in [0.25, 0.3) is 0 Å². The van der Waals surface area contributed by atoms with Gasteiger partial charge >= 0.3 is 0 Å². The van der Waals surface area contributed by atoms with Gasteiger partial charge in [-0.25, -0.2) is 0 Å². The summed E-state index contributed by atoms with van der Waals surface area (Å²) in [7, 11) is 0. The molecule has 0 aliphatic heterocycles. The highest BCUT2D eigenvalue weighted by molar-refractivity contribution is 6.29. The van der Waals surface area contributed by atoms with Crippen LogP contribution in [0.4, 0.5) is 34.1 Å². The molecule has 13 rings (SSSR count). The van der Waals surface area contributed by atoms with Gasteiger partial charge in [-0.1, -0.05) is 140 Å². The molecule has 0 amide bonds. The Kier molecular flexibility index (Phi) is 9.59. The molecule has 4 heterocycles. The van der Waals surface area contributed by atoms with Crippen LogP contribution in [0.1, 0.15) is 101 Å². The summed E-state index contributed by atoms with van der Waals surface area (Å²) in [5.41, 5.74) is 19.8. The molecule has 0 saturated heterocycles. The quantitative estimate of drug-likeness (QED) is 0.136. The van der Waals surface area contributed by atoms with E-state index < -0.39 is 0 Å². The van der Waals surface area contributed by atoms with E-state index in [-0.39, 0.29) is 0 Å². The summed E-state index contributed by atoms with van der Waals surface area (Å²) in [6, 6.07) is 69.4. The van der Waals surface area contributed by atoms with Gasteiger partial charge in [0.05, 0.1) is 33.1 Å². The van der Waals surface area contributed by atoms with Crippen molar-refractivity contribution in [1.82, 2.24) is 8.80 Å². The predicted octanol–water partition coefficient (Wildman–Crippen LogP) is 19.4. The first kappa shape index (κ1) is 42.3. The molecule has 342 valence electrons. The van der Waals surface area contributed by atoms with Gasteiger partial charge in [-0.3, -0.25) is 0 Å². The molecule has 0 aliphatic carbocycles. The minimum absolute atomic E-state index is 0.471. The van der Waals surface area contributed by atoms with Crippen LogP contribution in [0.25, 0.3) is 76.2 Å². The van der Waals surface area contributed by atoms with E-state index in [0.29, 0.717) is 23.7 Å². The number of benzene rings is 9. The second-order valence-electron chi connectivity index (χ2n) is 21.0. The van der Waals surface area contributed by atoms with Gasteiger partial charge in [-0.2, -0.15) is 0 Å². The zero-order valence-electron chi connectivity index (χ0n) is 41.4. The summed E-state index contributed by atoms with van der Waals surface area (Å²) < 4.78 is 5.07. The summed E-state index contributed by atoms with van der Waals surface area (Å²) in [5.74, 6) is 1.88. The molecule has 0 unspecified atom stereocenters. The molecule has 0 spiro atoms. The highest BCUT2D eigenvalue weighted by Crippen LogP contribution is 2.47. The summed E-state index contributed by atoms with van der Waals surface area (Å²) in [6.07, 6.45) is 0. The van der Waals surface area contributed by atoms with Gasteiger partial charge < -0.3 is 18.6 Å². The van der Waals surface area contributed by atoms with Gasteiger partial charge in [0.2, 0.25) is 0 Å². The van der Waals surface area contributed by atoms with Crippen molar-refractivity contribution in [3.8, 4) is 0 Å². The topological polar surface area (TPSA) is 15.3 Å². The molecular weight excluding hydrogens is 849 g/mol. The summed E-state index contributed by atoms with van der Waals surface area (Å²) in [4.78, 5) is 4.84. The van der Waals surface area contributed by atoms with Crippen molar-refractivity contribution in [1.29, 1.82) is 0 Å². The normalized spacial score (nSPS) is 12.5. The lowest BCUT2D eigenvalue weighted by Gasteiger charge is -2.26. The standard InChI is InChI=1S/C66H58N4/c1-39(2)43-15-23-47(24-16-43)67(48-25-17-44(18-26-48)40(3)4)51-31-33-61-57(35-51)53-11-9-13-55-59-38-64-60(37-63(59)69(61)65(53)55)56-14-10-12-54-58-36-52(32-34-62(58)70(64)66(54)56)68(49-27-19-45(20-28-49)41(5)6)50-29-21-46(22-30-50)42(7)8/h9-42H,1-8H3. The lowest BCUT2D eigenvalue weighted by molar-refractivity contribution is 0.866. The van der Waals surface area contributed by atoms with Gasteiger partial charge in [0.15, 0.2) is 0 Å². The van der Waals surface area contributed by atoms with Crippen molar-refractivity contribution in [3.05, 3.63) is 204 Å². The van der Waals surface area contributed by atoms with Crippen LogP contribution in [-0.4, -0.2) is 8.80 Å². The van der Waals surface area contributed by atoms with Gasteiger partial charge in [-0.15, -0.1) is 0 Å². The SMILES string of the molecule is CC(C)c1ccc(N(c2ccc(C(C)C)cc2)c2ccc3c(c2)c2cccc4c5cc6c(cc5n3c24)c2cccc3c4cc(N(c5ccc(C(C)C)cc5)c5ccc(C(C)C)cc5)ccc4n6c32)cc1. The number of anilines is 6. The minimum atomic E-state index is 0.471. The smallest absolute Gasteiger partial charge is 0.0620 e. The average Bonchev–Trinajstić information content (AvgIpc) is 4.10. The fourth-order valence-corrected chi connectivity index (χ4v) is 11.6. The Morgan fingerprint density at radius 2 is 0.514 bits per heavy atom. The predicted molar refractivity (Wildman–Crippen MR) is 301 cm³/mol. The molecule has 0 radical (unpaired) electrons. The van der Waals surface area contributed by atoms with Gasteiger partial charge in [0.1, 0.15) is 0 Å². The number of rotatable bonds is 10. The minimum Gasteiger partial charge on any atom is -0.310 e. The second-order valence-corrected chi connectivity index (χ2v) is 21.0. The zero-order chi connectivity index (χ0) is 47.7. The summed E-state index contributed by atoms with van der Waals surface area (Å²) in [6.45, 7) is 18.1. The first-order valence-electron chi connectivity index (χ1n) is 25.4. The molecule has 0 aliphatic rings. The molecule has 9 aromatic carbocycles. The van der Waals surface area contributed by atoms with E-state index >= 15 is 0 Å². The van der Waals surface area contributed by atoms with E-state index in [0.717, 1.165) is 34.1 Å². The number of nitrogens with zero attached hydrogens (tertiary/aromatic N) is 4. The van der Waals surface area contributed by atoms with Crippen LogP contribution in [-0.2, 0) is 0 Å². The summed E-state index contributed by atoms with van der Waals surface area (Å²) in [5, 5.41) is 10.2. The van der Waals surface area contributed by atoms with Gasteiger partial charge in [-0.05, 0) is 143 Å². The highest BCUT2D eigenvalue weighted by Gasteiger charge is 2.25. The van der Waals surface area contributed by atoms with Crippen molar-refractivity contribution in [2.24, 2.45) is 0 Å². The maximum atomic E-state index is 2.53. The Hall–Kier alpha value is -7.82. The molecule has 70 heavy (non-hydrogen) atoms. The number of aromatic nitrogens is 2. The Labute approximate surface area is 410 Å². The zero-order valence-corrected chi connectivity index (χ0v) is 41.4. The third-order valence-corrected chi connectivity index (χ3v) is 15.5. The van der Waals surface area contributed by atoms with Crippen LogP contribution < -0.4 is 9.80 Å². The highest BCUT2D eigenvalue weighted by atomic mass is 15.1. The summed E-state index contributed by atoms with van der Waals surface area (Å²) >= 11 is 0. The van der Waals surface area contributed by atoms with E-state index in [2.05, 4.69) is 256 Å². The molecule has 0 saturated carbocycles. The maximum absolute atomic E-state index is 2.53. The van der Waals surface area contributed by atoms with Crippen LogP contribution in [0.5, 0.6) is 0 Å². The van der Waals surface area contributed by atoms with Crippen molar-refractivity contribution in [2.75, 3.05) is 9.80 Å². The molecule has 0 bridgehead atoms. The molecule has 4 heteroatoms. The Balaban J connectivity index is 0.978. The van der Waals surface area contributed by atoms with Crippen molar-refractivity contribution in [2.45, 2.75) is 79.1 Å². The van der Waals surface area contributed by atoms with E-state index in [4.69, 9.17) is 0 Å². The fraction of sp³-hybridized carbons (Fsp3) is 0.182. The number of fused-ring (bicyclic) bond motifs is 12. The molecule has 0 N–H and O–H groups in total. The largest absolute Gasteiger partial charge is 0.310 e. The van der Waals surface area contributed by atoms with E-state index in [1.165, 1.54) is 98.4 Å². The van der Waals surface area contributed by atoms with Crippen LogP contribution in [0, 0.1) is 0 Å². The van der Waals surface area contributed by atoms with Crippen LogP contribution in [0.15, 0.2) is 182 Å². The number of hydrogen-bond acceptors (Lipinski definition) is 2. The average molecular weight is 907 g/mol. The maximum Gasteiger partial charge on any atom is 0.0620 e. The van der Waals surface area contributed by atoms with Crippen LogP contribution in [0.2, 0.25) is 0 Å². The second kappa shape index (κ2) is 15.9. The molecule has 0 fully saturated rings.